The van der Waals surface area contributed by atoms with Crippen molar-refractivity contribution in [3.05, 3.63) is 60.7 Å². The Balaban J connectivity index is 1.68. The second-order valence-corrected chi connectivity index (χ2v) is 5.06. The van der Waals surface area contributed by atoms with Crippen LogP contribution in [0.3, 0.4) is 0 Å². The summed E-state index contributed by atoms with van der Waals surface area (Å²) in [5.74, 6) is -0.820. The zero-order chi connectivity index (χ0) is 15.4. The summed E-state index contributed by atoms with van der Waals surface area (Å²) >= 11 is 0. The Morgan fingerprint density at radius 1 is 0.955 bits per heavy atom. The average molecular weight is 293 g/mol. The fraction of sp³-hybridized carbons (Fsp3) is 0.176. The Hall–Kier alpha value is -2.82. The Kier molecular flexibility index (Phi) is 4.05. The highest BCUT2D eigenvalue weighted by Crippen LogP contribution is 2.26. The highest BCUT2D eigenvalue weighted by molar-refractivity contribution is 6.20. The largest absolute Gasteiger partial charge is 0.274 e. The number of amides is 2. The van der Waals surface area contributed by atoms with Gasteiger partial charge in [-0.05, 0) is 24.3 Å². The Labute approximate surface area is 128 Å². The Morgan fingerprint density at radius 2 is 1.59 bits per heavy atom. The molecule has 1 saturated heterocycles. The summed E-state index contributed by atoms with van der Waals surface area (Å²) < 4.78 is 0. The Morgan fingerprint density at radius 3 is 2.27 bits per heavy atom. The lowest BCUT2D eigenvalue weighted by atomic mass is 10.1. The fourth-order valence-electron chi connectivity index (χ4n) is 2.40. The van der Waals surface area contributed by atoms with Gasteiger partial charge in [-0.2, -0.15) is 10.2 Å². The van der Waals surface area contributed by atoms with Gasteiger partial charge in [-0.15, -0.1) is 0 Å². The maximum absolute atomic E-state index is 12.4. The topological polar surface area (TPSA) is 62.1 Å². The first-order valence-corrected chi connectivity index (χ1v) is 7.10. The molecule has 2 aromatic rings. The number of carbonyl (C=O) groups excluding carboxylic acids is 2. The van der Waals surface area contributed by atoms with Gasteiger partial charge in [0.1, 0.15) is 0 Å². The molecule has 3 rings (SSSR count). The molecule has 0 N–H and O–H groups in total. The van der Waals surface area contributed by atoms with Crippen molar-refractivity contribution in [1.82, 2.24) is 0 Å². The van der Waals surface area contributed by atoms with Gasteiger partial charge >= 0.3 is 0 Å². The van der Waals surface area contributed by atoms with Crippen molar-refractivity contribution < 1.29 is 9.59 Å². The standard InChI is InChI=1S/C17H15N3O2/c21-16-11-13(12-18-19-14-7-3-1-4-8-14)17(22)20(16)15-9-5-2-6-10-15/h1-10,13H,11-12H2. The molecule has 1 aliphatic heterocycles. The molecule has 1 aliphatic rings. The minimum Gasteiger partial charge on any atom is -0.274 e. The minimum atomic E-state index is -0.430. The molecule has 1 heterocycles. The zero-order valence-electron chi connectivity index (χ0n) is 11.9. The van der Waals surface area contributed by atoms with Gasteiger partial charge in [0.2, 0.25) is 11.8 Å². The maximum atomic E-state index is 12.4. The van der Waals surface area contributed by atoms with Crippen molar-refractivity contribution in [2.75, 3.05) is 11.4 Å². The van der Waals surface area contributed by atoms with E-state index in [0.29, 0.717) is 5.69 Å². The van der Waals surface area contributed by atoms with E-state index in [1.54, 1.807) is 24.3 Å². The van der Waals surface area contributed by atoms with E-state index >= 15 is 0 Å². The van der Waals surface area contributed by atoms with Gasteiger partial charge < -0.3 is 0 Å². The van der Waals surface area contributed by atoms with Crippen LogP contribution in [0.4, 0.5) is 11.4 Å². The van der Waals surface area contributed by atoms with Gasteiger partial charge in [0.25, 0.3) is 0 Å². The van der Waals surface area contributed by atoms with Crippen LogP contribution in [0.25, 0.3) is 0 Å². The lowest BCUT2D eigenvalue weighted by Gasteiger charge is -2.14. The summed E-state index contributed by atoms with van der Waals surface area (Å²) in [5, 5.41) is 8.13. The molecular formula is C17H15N3O2. The van der Waals surface area contributed by atoms with Gasteiger partial charge in [-0.1, -0.05) is 36.4 Å². The molecule has 0 saturated carbocycles. The van der Waals surface area contributed by atoms with Crippen molar-refractivity contribution in [1.29, 1.82) is 0 Å². The van der Waals surface area contributed by atoms with E-state index in [2.05, 4.69) is 10.2 Å². The van der Waals surface area contributed by atoms with E-state index in [0.717, 1.165) is 5.69 Å². The third-order valence-corrected chi connectivity index (χ3v) is 3.50. The van der Waals surface area contributed by atoms with Crippen LogP contribution in [0.5, 0.6) is 0 Å². The number of anilines is 1. The normalized spacial score (nSPS) is 18.4. The van der Waals surface area contributed by atoms with Crippen LogP contribution < -0.4 is 4.90 Å². The molecule has 1 atom stereocenters. The van der Waals surface area contributed by atoms with Gasteiger partial charge in [0, 0.05) is 6.42 Å². The van der Waals surface area contributed by atoms with E-state index in [-0.39, 0.29) is 24.8 Å². The third-order valence-electron chi connectivity index (χ3n) is 3.50. The van der Waals surface area contributed by atoms with Crippen LogP contribution in [0.15, 0.2) is 70.9 Å². The number of azo groups is 1. The van der Waals surface area contributed by atoms with Crippen molar-refractivity contribution in [3.8, 4) is 0 Å². The molecule has 1 fully saturated rings. The fourth-order valence-corrected chi connectivity index (χ4v) is 2.40. The number of imide groups is 1. The van der Waals surface area contributed by atoms with Crippen molar-refractivity contribution in [2.24, 2.45) is 16.1 Å². The summed E-state index contributed by atoms with van der Waals surface area (Å²) in [7, 11) is 0. The first-order chi connectivity index (χ1) is 10.8. The number of para-hydroxylation sites is 1. The number of hydrogen-bond acceptors (Lipinski definition) is 4. The molecule has 0 aliphatic carbocycles. The molecule has 5 nitrogen and oxygen atoms in total. The van der Waals surface area contributed by atoms with Crippen molar-refractivity contribution in [3.63, 3.8) is 0 Å². The lowest BCUT2D eigenvalue weighted by Crippen LogP contribution is -2.30. The molecule has 2 amide bonds. The van der Waals surface area contributed by atoms with Crippen LogP contribution in [-0.2, 0) is 9.59 Å². The summed E-state index contributed by atoms with van der Waals surface area (Å²) in [5.41, 5.74) is 1.35. The smallest absolute Gasteiger partial charge is 0.239 e. The van der Waals surface area contributed by atoms with Gasteiger partial charge in [-0.25, -0.2) is 0 Å². The minimum absolute atomic E-state index is 0.182. The molecule has 0 radical (unpaired) electrons. The van der Waals surface area contributed by atoms with Gasteiger partial charge in [0.15, 0.2) is 0 Å². The summed E-state index contributed by atoms with van der Waals surface area (Å²) in [6, 6.07) is 18.3. The number of nitrogens with zero attached hydrogens (tertiary/aromatic N) is 3. The predicted octanol–water partition coefficient (Wildman–Crippen LogP) is 3.35. The van der Waals surface area contributed by atoms with E-state index in [1.807, 2.05) is 36.4 Å². The number of carbonyl (C=O) groups is 2. The van der Waals surface area contributed by atoms with E-state index in [4.69, 9.17) is 0 Å². The van der Waals surface area contributed by atoms with Gasteiger partial charge in [-0.3, -0.25) is 14.5 Å². The van der Waals surface area contributed by atoms with Crippen LogP contribution in [-0.4, -0.2) is 18.4 Å². The quantitative estimate of drug-likeness (QED) is 0.641. The monoisotopic (exact) mass is 293 g/mol. The SMILES string of the molecule is O=C1CC(CN=Nc2ccccc2)C(=O)N1c1ccccc1. The molecule has 110 valence electrons. The maximum Gasteiger partial charge on any atom is 0.239 e. The molecule has 0 aromatic heterocycles. The van der Waals surface area contributed by atoms with E-state index in [9.17, 15) is 9.59 Å². The molecular weight excluding hydrogens is 278 g/mol. The van der Waals surface area contributed by atoms with Crippen molar-refractivity contribution >= 4 is 23.2 Å². The van der Waals surface area contributed by atoms with E-state index < -0.39 is 5.92 Å². The Bertz CT molecular complexity index is 698. The molecule has 2 aromatic carbocycles. The molecule has 0 spiro atoms. The number of rotatable bonds is 4. The second-order valence-electron chi connectivity index (χ2n) is 5.06. The van der Waals surface area contributed by atoms with Crippen LogP contribution in [0.2, 0.25) is 0 Å². The molecule has 0 bridgehead atoms. The number of benzene rings is 2. The molecule has 5 heteroatoms. The van der Waals surface area contributed by atoms with Crippen LogP contribution in [0.1, 0.15) is 6.42 Å². The summed E-state index contributed by atoms with van der Waals surface area (Å²) in [4.78, 5) is 25.7. The molecule has 22 heavy (non-hydrogen) atoms. The number of hydrogen-bond donors (Lipinski definition) is 0. The summed E-state index contributed by atoms with van der Waals surface area (Å²) in [6.07, 6.45) is 0.182. The highest BCUT2D eigenvalue weighted by Gasteiger charge is 2.39. The average Bonchev–Trinajstić information content (AvgIpc) is 2.83. The van der Waals surface area contributed by atoms with Crippen molar-refractivity contribution in [2.45, 2.75) is 6.42 Å². The lowest BCUT2D eigenvalue weighted by molar-refractivity contribution is -0.122. The van der Waals surface area contributed by atoms with Crippen LogP contribution in [0, 0.1) is 5.92 Å². The van der Waals surface area contributed by atoms with Gasteiger partial charge in [0.05, 0.1) is 23.8 Å². The first-order valence-electron chi connectivity index (χ1n) is 7.10. The predicted molar refractivity (Wildman–Crippen MR) is 82.9 cm³/mol. The molecule has 1 unspecified atom stereocenters. The summed E-state index contributed by atoms with van der Waals surface area (Å²) in [6.45, 7) is 0.225. The van der Waals surface area contributed by atoms with E-state index in [1.165, 1.54) is 4.90 Å². The van der Waals surface area contributed by atoms with Crippen LogP contribution >= 0.6 is 0 Å². The zero-order valence-corrected chi connectivity index (χ0v) is 11.9. The highest BCUT2D eigenvalue weighted by atomic mass is 16.2. The first kappa shape index (κ1) is 14.1. The second kappa shape index (κ2) is 6.30. The third kappa shape index (κ3) is 2.93.